The second-order valence-electron chi connectivity index (χ2n) is 5.68. The van der Waals surface area contributed by atoms with Crippen LogP contribution in [0.25, 0.3) is 5.69 Å². The molecule has 0 bridgehead atoms. The van der Waals surface area contributed by atoms with Gasteiger partial charge in [0.2, 0.25) is 5.91 Å². The molecule has 0 aliphatic carbocycles. The van der Waals surface area contributed by atoms with Crippen molar-refractivity contribution < 1.29 is 13.6 Å². The molecule has 0 unspecified atom stereocenters. The third kappa shape index (κ3) is 2.46. The number of rotatable bonds is 2. The van der Waals surface area contributed by atoms with Gasteiger partial charge in [0.1, 0.15) is 23.8 Å². The van der Waals surface area contributed by atoms with Gasteiger partial charge >= 0.3 is 0 Å². The quantitative estimate of drug-likeness (QED) is 0.782. The first-order valence-corrected chi connectivity index (χ1v) is 7.50. The molecule has 0 fully saturated rings. The van der Waals surface area contributed by atoms with Crippen LogP contribution in [0.15, 0.2) is 54.9 Å². The highest BCUT2D eigenvalue weighted by atomic mass is 19.1. The lowest BCUT2D eigenvalue weighted by Crippen LogP contribution is -2.24. The van der Waals surface area contributed by atoms with E-state index in [1.165, 1.54) is 24.3 Å². The summed E-state index contributed by atoms with van der Waals surface area (Å²) >= 11 is 0. The van der Waals surface area contributed by atoms with Gasteiger partial charge in [-0.05, 0) is 35.9 Å². The highest BCUT2D eigenvalue weighted by Gasteiger charge is 2.31. The lowest BCUT2D eigenvalue weighted by molar-refractivity contribution is -0.116. The molecule has 1 aliphatic heterocycles. The van der Waals surface area contributed by atoms with Crippen LogP contribution in [0.5, 0.6) is 0 Å². The fraction of sp³-hybridized carbons (Fsp3) is 0.111. The Kier molecular flexibility index (Phi) is 3.37. The first-order chi connectivity index (χ1) is 11.6. The molecule has 4 rings (SSSR count). The largest absolute Gasteiger partial charge is 0.310 e. The smallest absolute Gasteiger partial charge is 0.226 e. The molecular weight excluding hydrogens is 312 g/mol. The highest BCUT2D eigenvalue weighted by molar-refractivity contribution is 5.94. The number of halogens is 2. The van der Waals surface area contributed by atoms with E-state index >= 15 is 0 Å². The average Bonchev–Trinajstić information content (AvgIpc) is 2.98. The molecule has 24 heavy (non-hydrogen) atoms. The normalized spacial score (nSPS) is 16.6. The number of aromatic nitrogens is 2. The van der Waals surface area contributed by atoms with Crippen molar-refractivity contribution in [3.8, 4) is 5.69 Å². The Bertz CT molecular complexity index is 918. The second-order valence-corrected chi connectivity index (χ2v) is 5.68. The summed E-state index contributed by atoms with van der Waals surface area (Å²) in [4.78, 5) is 16.5. The number of carbonyl (C=O) groups excluding carboxylic acids is 1. The fourth-order valence-electron chi connectivity index (χ4n) is 3.00. The van der Waals surface area contributed by atoms with Crippen molar-refractivity contribution in [2.75, 3.05) is 5.32 Å². The van der Waals surface area contributed by atoms with E-state index in [9.17, 15) is 13.6 Å². The Labute approximate surface area is 136 Å². The molecule has 6 heteroatoms. The Hall–Kier alpha value is -3.02. The molecule has 0 saturated heterocycles. The molecule has 4 nitrogen and oxygen atoms in total. The molecule has 0 saturated carbocycles. The number of amides is 1. The van der Waals surface area contributed by atoms with Crippen LogP contribution in [0, 0.1) is 11.6 Å². The van der Waals surface area contributed by atoms with Gasteiger partial charge in [0, 0.05) is 12.3 Å². The zero-order valence-corrected chi connectivity index (χ0v) is 12.5. The summed E-state index contributed by atoms with van der Waals surface area (Å²) in [5.74, 6) is -0.595. The third-order valence-corrected chi connectivity index (χ3v) is 4.13. The first kappa shape index (κ1) is 14.6. The summed E-state index contributed by atoms with van der Waals surface area (Å²) in [5, 5.41) is 2.80. The number of fused-ring (bicyclic) bond motifs is 1. The molecule has 1 aromatic heterocycles. The van der Waals surface area contributed by atoms with Gasteiger partial charge in [-0.15, -0.1) is 0 Å². The molecule has 0 spiro atoms. The van der Waals surface area contributed by atoms with E-state index in [2.05, 4.69) is 10.3 Å². The molecule has 120 valence electrons. The minimum atomic E-state index is -0.368. The molecule has 1 aliphatic rings. The summed E-state index contributed by atoms with van der Waals surface area (Å²) in [7, 11) is 0. The van der Waals surface area contributed by atoms with Gasteiger partial charge in [-0.3, -0.25) is 9.36 Å². The van der Waals surface area contributed by atoms with Crippen LogP contribution in [0.3, 0.4) is 0 Å². The highest BCUT2D eigenvalue weighted by Crippen LogP contribution is 2.37. The molecule has 2 aromatic carbocycles. The van der Waals surface area contributed by atoms with Crippen molar-refractivity contribution in [1.29, 1.82) is 0 Å². The number of hydrogen-bond donors (Lipinski definition) is 1. The number of imidazole rings is 1. The van der Waals surface area contributed by atoms with Crippen LogP contribution in [0.4, 0.5) is 14.6 Å². The number of carbonyl (C=O) groups is 1. The van der Waals surface area contributed by atoms with Crippen molar-refractivity contribution in [3.63, 3.8) is 0 Å². The van der Waals surface area contributed by atoms with E-state index in [0.29, 0.717) is 17.2 Å². The van der Waals surface area contributed by atoms with E-state index in [0.717, 1.165) is 5.56 Å². The summed E-state index contributed by atoms with van der Waals surface area (Å²) in [6, 6.07) is 12.1. The zero-order chi connectivity index (χ0) is 16.7. The number of hydrogen-bond acceptors (Lipinski definition) is 2. The van der Waals surface area contributed by atoms with Crippen LogP contribution in [0.1, 0.15) is 23.6 Å². The molecule has 1 N–H and O–H groups in total. The van der Waals surface area contributed by atoms with E-state index in [4.69, 9.17) is 0 Å². The molecular formula is C18H13F2N3O. The Morgan fingerprint density at radius 2 is 1.88 bits per heavy atom. The minimum Gasteiger partial charge on any atom is -0.310 e. The van der Waals surface area contributed by atoms with Crippen LogP contribution in [0.2, 0.25) is 0 Å². The summed E-state index contributed by atoms with van der Waals surface area (Å²) in [6.07, 6.45) is 1.79. The molecule has 0 radical (unpaired) electrons. The molecule has 2 heterocycles. The maximum Gasteiger partial charge on any atom is 0.226 e. The Morgan fingerprint density at radius 3 is 2.62 bits per heavy atom. The van der Waals surface area contributed by atoms with E-state index in [1.54, 1.807) is 35.2 Å². The Balaban J connectivity index is 1.81. The van der Waals surface area contributed by atoms with E-state index in [-0.39, 0.29) is 29.9 Å². The van der Waals surface area contributed by atoms with Crippen molar-refractivity contribution >= 4 is 11.7 Å². The fourth-order valence-corrected chi connectivity index (χ4v) is 3.00. The van der Waals surface area contributed by atoms with Gasteiger partial charge in [-0.2, -0.15) is 0 Å². The van der Waals surface area contributed by atoms with Gasteiger partial charge in [0.15, 0.2) is 0 Å². The van der Waals surface area contributed by atoms with E-state index < -0.39 is 0 Å². The van der Waals surface area contributed by atoms with Gasteiger partial charge in [-0.25, -0.2) is 13.8 Å². The number of nitrogens with zero attached hydrogens (tertiary/aromatic N) is 2. The topological polar surface area (TPSA) is 46.9 Å². The van der Waals surface area contributed by atoms with E-state index in [1.807, 2.05) is 0 Å². The van der Waals surface area contributed by atoms with Crippen molar-refractivity contribution in [2.45, 2.75) is 12.3 Å². The summed E-state index contributed by atoms with van der Waals surface area (Å²) in [6.45, 7) is 0. The van der Waals surface area contributed by atoms with Crippen LogP contribution in [-0.4, -0.2) is 15.5 Å². The monoisotopic (exact) mass is 325 g/mol. The summed E-state index contributed by atoms with van der Waals surface area (Å²) in [5.41, 5.74) is 2.08. The average molecular weight is 325 g/mol. The number of nitrogens with one attached hydrogen (secondary N) is 1. The molecule has 1 atom stereocenters. The lowest BCUT2D eigenvalue weighted by atomic mass is 9.90. The Morgan fingerprint density at radius 1 is 1.08 bits per heavy atom. The van der Waals surface area contributed by atoms with Crippen LogP contribution >= 0.6 is 0 Å². The molecule has 3 aromatic rings. The molecule has 1 amide bonds. The predicted octanol–water partition coefficient (Wildman–Crippen LogP) is 3.62. The second kappa shape index (κ2) is 5.56. The summed E-state index contributed by atoms with van der Waals surface area (Å²) < 4.78 is 28.3. The van der Waals surface area contributed by atoms with Crippen LogP contribution < -0.4 is 5.32 Å². The van der Waals surface area contributed by atoms with Crippen molar-refractivity contribution in [2.24, 2.45) is 0 Å². The lowest BCUT2D eigenvalue weighted by Gasteiger charge is -2.23. The van der Waals surface area contributed by atoms with Crippen molar-refractivity contribution in [1.82, 2.24) is 9.55 Å². The third-order valence-electron chi connectivity index (χ3n) is 4.13. The number of anilines is 1. The zero-order valence-electron chi connectivity index (χ0n) is 12.5. The standard InChI is InChI=1S/C18H13F2N3O/c19-12-6-4-11(5-7-12)15-9-16(24)22-18-17(15)21-10-23(18)14-3-1-2-13(20)8-14/h1-8,10,15H,9H2,(H,22,24)/t15-/m0/s1. The first-order valence-electron chi connectivity index (χ1n) is 7.50. The number of benzene rings is 2. The van der Waals surface area contributed by atoms with Gasteiger partial charge < -0.3 is 5.32 Å². The maximum atomic E-state index is 13.5. The predicted molar refractivity (Wildman–Crippen MR) is 85.0 cm³/mol. The van der Waals surface area contributed by atoms with Crippen molar-refractivity contribution in [3.05, 3.63) is 77.8 Å². The maximum absolute atomic E-state index is 13.5. The van der Waals surface area contributed by atoms with Gasteiger partial charge in [-0.1, -0.05) is 18.2 Å². The van der Waals surface area contributed by atoms with Gasteiger partial charge in [0.05, 0.1) is 11.4 Å². The van der Waals surface area contributed by atoms with Gasteiger partial charge in [0.25, 0.3) is 0 Å². The SMILES string of the molecule is O=C1C[C@@H](c2ccc(F)cc2)c2ncn(-c3cccc(F)c3)c2N1. The van der Waals surface area contributed by atoms with Crippen LogP contribution in [-0.2, 0) is 4.79 Å². The minimum absolute atomic E-state index is 0.157.